The van der Waals surface area contributed by atoms with Crippen LogP contribution in [0.2, 0.25) is 0 Å². The molecule has 0 radical (unpaired) electrons. The third-order valence-electron chi connectivity index (χ3n) is 3.07. The van der Waals surface area contributed by atoms with Gasteiger partial charge in [-0.15, -0.1) is 0 Å². The second-order valence-corrected chi connectivity index (χ2v) is 4.99. The number of nitrogens with one attached hydrogen (secondary N) is 1. The number of unbranched alkanes of at least 4 members (excludes halogenated alkanes) is 2. The van der Waals surface area contributed by atoms with Crippen LogP contribution in [0.3, 0.4) is 0 Å². The number of benzene rings is 1. The van der Waals surface area contributed by atoms with Crippen molar-refractivity contribution in [2.45, 2.75) is 46.1 Å². The van der Waals surface area contributed by atoms with E-state index < -0.39 is 0 Å². The van der Waals surface area contributed by atoms with Gasteiger partial charge in [0.25, 0.3) is 0 Å². The van der Waals surface area contributed by atoms with Crippen LogP contribution in [0.4, 0.5) is 0 Å². The van der Waals surface area contributed by atoms with E-state index in [0.29, 0.717) is 13.2 Å². The average molecular weight is 279 g/mol. The highest BCUT2D eigenvalue weighted by Gasteiger charge is 1.96. The molecule has 1 aromatic carbocycles. The average Bonchev–Trinajstić information content (AvgIpc) is 2.48. The van der Waals surface area contributed by atoms with Crippen LogP contribution < -0.4 is 10.1 Å². The largest absolute Gasteiger partial charge is 0.491 e. The topological polar surface area (TPSA) is 30.5 Å². The lowest BCUT2D eigenvalue weighted by Gasteiger charge is -2.08. The van der Waals surface area contributed by atoms with Crippen LogP contribution in [-0.4, -0.2) is 26.4 Å². The first-order valence-electron chi connectivity index (χ1n) is 7.87. The van der Waals surface area contributed by atoms with E-state index in [1.54, 1.807) is 0 Å². The van der Waals surface area contributed by atoms with Gasteiger partial charge < -0.3 is 14.8 Å². The van der Waals surface area contributed by atoms with Gasteiger partial charge >= 0.3 is 0 Å². The van der Waals surface area contributed by atoms with E-state index in [1.807, 2.05) is 12.1 Å². The molecule has 0 saturated carbocycles. The van der Waals surface area contributed by atoms with Gasteiger partial charge in [0.2, 0.25) is 0 Å². The predicted molar refractivity (Wildman–Crippen MR) is 84.3 cm³/mol. The molecule has 1 N–H and O–H groups in total. The van der Waals surface area contributed by atoms with Gasteiger partial charge in [-0.1, -0.05) is 38.8 Å². The van der Waals surface area contributed by atoms with Gasteiger partial charge in [0.15, 0.2) is 0 Å². The highest BCUT2D eigenvalue weighted by atomic mass is 16.5. The third-order valence-corrected chi connectivity index (χ3v) is 3.07. The van der Waals surface area contributed by atoms with Crippen molar-refractivity contribution in [3.63, 3.8) is 0 Å². The summed E-state index contributed by atoms with van der Waals surface area (Å²) in [6.45, 7) is 8.50. The van der Waals surface area contributed by atoms with E-state index >= 15 is 0 Å². The highest BCUT2D eigenvalue weighted by molar-refractivity contribution is 5.27. The Morgan fingerprint density at radius 3 is 2.40 bits per heavy atom. The van der Waals surface area contributed by atoms with Crippen molar-refractivity contribution in [2.24, 2.45) is 0 Å². The summed E-state index contributed by atoms with van der Waals surface area (Å²) in [7, 11) is 0. The van der Waals surface area contributed by atoms with Crippen LogP contribution in [0.1, 0.15) is 45.1 Å². The summed E-state index contributed by atoms with van der Waals surface area (Å²) >= 11 is 0. The molecule has 20 heavy (non-hydrogen) atoms. The van der Waals surface area contributed by atoms with Crippen LogP contribution >= 0.6 is 0 Å². The van der Waals surface area contributed by atoms with E-state index in [4.69, 9.17) is 9.47 Å². The van der Waals surface area contributed by atoms with Crippen molar-refractivity contribution < 1.29 is 9.47 Å². The van der Waals surface area contributed by atoms with Gasteiger partial charge in [-0.2, -0.15) is 0 Å². The molecule has 1 rings (SSSR count). The van der Waals surface area contributed by atoms with Crippen LogP contribution in [0.15, 0.2) is 24.3 Å². The summed E-state index contributed by atoms with van der Waals surface area (Å²) in [4.78, 5) is 0. The number of ether oxygens (including phenoxy) is 2. The molecule has 0 bridgehead atoms. The molecule has 3 nitrogen and oxygen atoms in total. The number of hydrogen-bond acceptors (Lipinski definition) is 3. The SMILES string of the molecule is CCCCCOCCOc1ccc(CNCCC)cc1. The van der Waals surface area contributed by atoms with Crippen molar-refractivity contribution in [2.75, 3.05) is 26.4 Å². The quantitative estimate of drug-likeness (QED) is 0.591. The number of hydrogen-bond donors (Lipinski definition) is 1. The molecule has 0 heterocycles. The predicted octanol–water partition coefficient (Wildman–Crippen LogP) is 3.77. The Morgan fingerprint density at radius 1 is 0.900 bits per heavy atom. The molecule has 0 spiro atoms. The standard InChI is InChI=1S/C17H29NO2/c1-3-5-6-12-19-13-14-20-17-9-7-16(8-10-17)15-18-11-4-2/h7-10,18H,3-6,11-15H2,1-2H3. The van der Waals surface area contributed by atoms with Gasteiger partial charge in [0.1, 0.15) is 12.4 Å². The van der Waals surface area contributed by atoms with Crippen LogP contribution in [0.25, 0.3) is 0 Å². The molecule has 114 valence electrons. The number of rotatable bonds is 12. The maximum Gasteiger partial charge on any atom is 0.119 e. The molecule has 0 fully saturated rings. The minimum atomic E-state index is 0.625. The minimum absolute atomic E-state index is 0.625. The molecular formula is C17H29NO2. The summed E-state index contributed by atoms with van der Waals surface area (Å²) in [5.41, 5.74) is 1.29. The smallest absolute Gasteiger partial charge is 0.119 e. The zero-order valence-corrected chi connectivity index (χ0v) is 13.0. The summed E-state index contributed by atoms with van der Waals surface area (Å²) in [5, 5.41) is 3.39. The Labute approximate surface area is 123 Å². The molecule has 0 unspecified atom stereocenters. The van der Waals surface area contributed by atoms with Gasteiger partial charge in [0, 0.05) is 13.2 Å². The van der Waals surface area contributed by atoms with E-state index in [9.17, 15) is 0 Å². The van der Waals surface area contributed by atoms with Crippen LogP contribution in [0, 0.1) is 0 Å². The van der Waals surface area contributed by atoms with Crippen molar-refractivity contribution >= 4 is 0 Å². The first-order chi connectivity index (χ1) is 9.86. The maximum atomic E-state index is 5.65. The first kappa shape index (κ1) is 17.0. The Hall–Kier alpha value is -1.06. The van der Waals surface area contributed by atoms with Crippen molar-refractivity contribution in [1.29, 1.82) is 0 Å². The zero-order valence-electron chi connectivity index (χ0n) is 13.0. The van der Waals surface area contributed by atoms with Gasteiger partial charge in [-0.25, -0.2) is 0 Å². The normalized spacial score (nSPS) is 10.7. The molecule has 0 atom stereocenters. The second-order valence-electron chi connectivity index (χ2n) is 4.99. The lowest BCUT2D eigenvalue weighted by Crippen LogP contribution is -2.13. The van der Waals surface area contributed by atoms with Crippen LogP contribution in [-0.2, 0) is 11.3 Å². The van der Waals surface area contributed by atoms with Crippen LogP contribution in [0.5, 0.6) is 5.75 Å². The van der Waals surface area contributed by atoms with E-state index in [2.05, 4.69) is 31.3 Å². The molecule has 0 aliphatic heterocycles. The molecule has 0 aliphatic carbocycles. The lowest BCUT2D eigenvalue weighted by molar-refractivity contribution is 0.0973. The molecule has 0 aromatic heterocycles. The Balaban J connectivity index is 2.08. The lowest BCUT2D eigenvalue weighted by atomic mass is 10.2. The van der Waals surface area contributed by atoms with Gasteiger partial charge in [-0.3, -0.25) is 0 Å². The summed E-state index contributed by atoms with van der Waals surface area (Å²) in [5.74, 6) is 0.918. The molecule has 0 saturated heterocycles. The van der Waals surface area contributed by atoms with E-state index in [0.717, 1.165) is 31.9 Å². The van der Waals surface area contributed by atoms with Crippen molar-refractivity contribution in [3.05, 3.63) is 29.8 Å². The van der Waals surface area contributed by atoms with E-state index in [1.165, 1.54) is 24.8 Å². The van der Waals surface area contributed by atoms with Crippen molar-refractivity contribution in [3.8, 4) is 5.75 Å². The Morgan fingerprint density at radius 2 is 1.70 bits per heavy atom. The van der Waals surface area contributed by atoms with Crippen molar-refractivity contribution in [1.82, 2.24) is 5.32 Å². The third kappa shape index (κ3) is 8.18. The highest BCUT2D eigenvalue weighted by Crippen LogP contribution is 2.12. The Kier molecular flexibility index (Phi) is 9.98. The molecule has 0 aliphatic rings. The molecule has 3 heteroatoms. The second kappa shape index (κ2) is 11.7. The summed E-state index contributed by atoms with van der Waals surface area (Å²) < 4.78 is 11.2. The zero-order chi connectivity index (χ0) is 14.5. The monoisotopic (exact) mass is 279 g/mol. The molecule has 0 amide bonds. The summed E-state index contributed by atoms with van der Waals surface area (Å²) in [6.07, 6.45) is 4.79. The molecular weight excluding hydrogens is 250 g/mol. The fourth-order valence-electron chi connectivity index (χ4n) is 1.89. The van der Waals surface area contributed by atoms with Gasteiger partial charge in [-0.05, 0) is 37.1 Å². The molecule has 1 aromatic rings. The first-order valence-corrected chi connectivity index (χ1v) is 7.87. The maximum absolute atomic E-state index is 5.65. The Bertz CT molecular complexity index is 324. The fourth-order valence-corrected chi connectivity index (χ4v) is 1.89. The minimum Gasteiger partial charge on any atom is -0.491 e. The van der Waals surface area contributed by atoms with Gasteiger partial charge in [0.05, 0.1) is 6.61 Å². The van der Waals surface area contributed by atoms with E-state index in [-0.39, 0.29) is 0 Å². The fraction of sp³-hybridized carbons (Fsp3) is 0.647. The summed E-state index contributed by atoms with van der Waals surface area (Å²) in [6, 6.07) is 8.28.